The molecule has 0 unspecified atom stereocenters. The molecule has 3 N–H and O–H groups in total. The number of primary amides is 1. The lowest BCUT2D eigenvalue weighted by Crippen LogP contribution is -2.37. The predicted octanol–water partition coefficient (Wildman–Crippen LogP) is 2.46. The molecule has 0 aliphatic rings. The summed E-state index contributed by atoms with van der Waals surface area (Å²) in [6.07, 6.45) is -2.87. The number of carbonyl (C=O) groups is 1. The summed E-state index contributed by atoms with van der Waals surface area (Å²) in [5.41, 5.74) is 3.39. The minimum absolute atomic E-state index is 0.0415. The normalized spacial score (nSPS) is 11.4. The summed E-state index contributed by atoms with van der Waals surface area (Å²) in [6, 6.07) is 3.12. The second kappa shape index (κ2) is 5.81. The van der Waals surface area contributed by atoms with Crippen LogP contribution in [0.5, 0.6) is 0 Å². The smallest absolute Gasteiger partial charge is 0.270 e. The van der Waals surface area contributed by atoms with Gasteiger partial charge in [-0.1, -0.05) is 0 Å². The number of nitro groups is 1. The minimum Gasteiger partial charge on any atom is -0.384 e. The standard InChI is InChI=1S/C12H15F2N3O3/c1-12(2,11(15)18)6-16-9-4-3-7(17(19)20)5-8(9)10(13)14/h3-5,10,16H,6H2,1-2H3,(H2,15,18). The number of anilines is 1. The Morgan fingerprint density at radius 3 is 2.55 bits per heavy atom. The van der Waals surface area contributed by atoms with Crippen LogP contribution in [0.3, 0.4) is 0 Å². The van der Waals surface area contributed by atoms with Crippen molar-refractivity contribution < 1.29 is 18.5 Å². The Hall–Kier alpha value is -2.25. The zero-order valence-corrected chi connectivity index (χ0v) is 11.0. The summed E-state index contributed by atoms with van der Waals surface area (Å²) < 4.78 is 25.8. The van der Waals surface area contributed by atoms with Gasteiger partial charge in [0.25, 0.3) is 12.1 Å². The summed E-state index contributed by atoms with van der Waals surface area (Å²) in [5, 5.41) is 13.3. The molecule has 0 atom stereocenters. The van der Waals surface area contributed by atoms with E-state index in [1.807, 2.05) is 0 Å². The van der Waals surface area contributed by atoms with Gasteiger partial charge in [-0.2, -0.15) is 0 Å². The number of amides is 1. The number of nitrogens with two attached hydrogens (primary N) is 1. The van der Waals surface area contributed by atoms with E-state index in [0.717, 1.165) is 12.1 Å². The first kappa shape index (κ1) is 15.8. The fourth-order valence-electron chi connectivity index (χ4n) is 1.41. The maximum absolute atomic E-state index is 12.9. The van der Waals surface area contributed by atoms with Crippen LogP contribution < -0.4 is 11.1 Å². The lowest BCUT2D eigenvalue weighted by atomic mass is 9.92. The molecule has 0 spiro atoms. The number of alkyl halides is 2. The highest BCUT2D eigenvalue weighted by Crippen LogP contribution is 2.31. The van der Waals surface area contributed by atoms with Crippen LogP contribution in [-0.4, -0.2) is 17.4 Å². The molecule has 0 saturated heterocycles. The molecule has 110 valence electrons. The van der Waals surface area contributed by atoms with Gasteiger partial charge in [-0.3, -0.25) is 14.9 Å². The number of hydrogen-bond acceptors (Lipinski definition) is 4. The van der Waals surface area contributed by atoms with E-state index in [-0.39, 0.29) is 12.2 Å². The number of non-ortho nitro benzene ring substituents is 1. The Morgan fingerprint density at radius 1 is 1.50 bits per heavy atom. The van der Waals surface area contributed by atoms with E-state index < -0.39 is 33.9 Å². The molecule has 0 heterocycles. The fraction of sp³-hybridized carbons (Fsp3) is 0.417. The van der Waals surface area contributed by atoms with Crippen LogP contribution in [0.15, 0.2) is 18.2 Å². The van der Waals surface area contributed by atoms with Crippen LogP contribution in [0, 0.1) is 15.5 Å². The van der Waals surface area contributed by atoms with Crippen LogP contribution in [-0.2, 0) is 4.79 Å². The van der Waals surface area contributed by atoms with Crippen molar-refractivity contribution in [3.8, 4) is 0 Å². The number of rotatable bonds is 6. The quantitative estimate of drug-likeness (QED) is 0.620. The molecule has 8 heteroatoms. The lowest BCUT2D eigenvalue weighted by molar-refractivity contribution is -0.385. The highest BCUT2D eigenvalue weighted by atomic mass is 19.3. The molecule has 1 aromatic carbocycles. The van der Waals surface area contributed by atoms with E-state index in [0.29, 0.717) is 0 Å². The van der Waals surface area contributed by atoms with Crippen molar-refractivity contribution in [3.05, 3.63) is 33.9 Å². The Balaban J connectivity index is 3.01. The maximum atomic E-state index is 12.9. The number of nitrogens with zero attached hydrogens (tertiary/aromatic N) is 1. The van der Waals surface area contributed by atoms with Gasteiger partial charge in [0.1, 0.15) is 0 Å². The number of nitrogens with one attached hydrogen (secondary N) is 1. The summed E-state index contributed by atoms with van der Waals surface area (Å²) in [5.74, 6) is -0.578. The van der Waals surface area contributed by atoms with Crippen molar-refractivity contribution in [1.82, 2.24) is 0 Å². The largest absolute Gasteiger partial charge is 0.384 e. The van der Waals surface area contributed by atoms with Crippen molar-refractivity contribution in [3.63, 3.8) is 0 Å². The summed E-state index contributed by atoms with van der Waals surface area (Å²) >= 11 is 0. The molecule has 0 saturated carbocycles. The highest BCUT2D eigenvalue weighted by Gasteiger charge is 2.26. The molecule has 20 heavy (non-hydrogen) atoms. The number of benzene rings is 1. The van der Waals surface area contributed by atoms with Crippen molar-refractivity contribution >= 4 is 17.3 Å². The van der Waals surface area contributed by atoms with Gasteiger partial charge in [0.2, 0.25) is 5.91 Å². The summed E-state index contributed by atoms with van der Waals surface area (Å²) in [7, 11) is 0. The zero-order chi connectivity index (χ0) is 15.5. The monoisotopic (exact) mass is 287 g/mol. The van der Waals surface area contributed by atoms with E-state index in [1.165, 1.54) is 6.07 Å². The lowest BCUT2D eigenvalue weighted by Gasteiger charge is -2.22. The Kier molecular flexibility index (Phi) is 4.59. The fourth-order valence-corrected chi connectivity index (χ4v) is 1.41. The van der Waals surface area contributed by atoms with Gasteiger partial charge in [0.15, 0.2) is 0 Å². The van der Waals surface area contributed by atoms with Crippen LogP contribution in [0.2, 0.25) is 0 Å². The predicted molar refractivity (Wildman–Crippen MR) is 69.5 cm³/mol. The topological polar surface area (TPSA) is 98.3 Å². The highest BCUT2D eigenvalue weighted by molar-refractivity contribution is 5.80. The Bertz CT molecular complexity index is 533. The number of carbonyl (C=O) groups excluding carboxylic acids is 1. The molecule has 0 radical (unpaired) electrons. The molecule has 0 bridgehead atoms. The molecule has 0 aliphatic carbocycles. The van der Waals surface area contributed by atoms with Gasteiger partial charge >= 0.3 is 0 Å². The molecule has 1 aromatic rings. The summed E-state index contributed by atoms with van der Waals surface area (Å²) in [4.78, 5) is 21.0. The third-order valence-corrected chi connectivity index (χ3v) is 2.87. The number of hydrogen-bond donors (Lipinski definition) is 2. The van der Waals surface area contributed by atoms with Gasteiger partial charge < -0.3 is 11.1 Å². The first-order valence-electron chi connectivity index (χ1n) is 5.75. The molecule has 1 rings (SSSR count). The second-order valence-electron chi connectivity index (χ2n) is 4.93. The Labute approximate surface area is 114 Å². The van der Waals surface area contributed by atoms with Gasteiger partial charge in [-0.05, 0) is 19.9 Å². The first-order valence-corrected chi connectivity index (χ1v) is 5.75. The van der Waals surface area contributed by atoms with Crippen molar-refractivity contribution in [2.24, 2.45) is 11.1 Å². The summed E-state index contributed by atoms with van der Waals surface area (Å²) in [6.45, 7) is 3.17. The van der Waals surface area contributed by atoms with E-state index in [4.69, 9.17) is 5.73 Å². The molecule has 6 nitrogen and oxygen atoms in total. The van der Waals surface area contributed by atoms with Crippen LogP contribution >= 0.6 is 0 Å². The van der Waals surface area contributed by atoms with Gasteiger partial charge in [0.05, 0.1) is 10.3 Å². The maximum Gasteiger partial charge on any atom is 0.270 e. The van der Waals surface area contributed by atoms with Gasteiger partial charge in [0, 0.05) is 29.9 Å². The number of nitro benzene ring substituents is 1. The van der Waals surface area contributed by atoms with Gasteiger partial charge in [-0.25, -0.2) is 8.78 Å². The molecular formula is C12H15F2N3O3. The Morgan fingerprint density at radius 2 is 2.10 bits per heavy atom. The van der Waals surface area contributed by atoms with Gasteiger partial charge in [-0.15, -0.1) is 0 Å². The molecule has 0 aliphatic heterocycles. The van der Waals surface area contributed by atoms with Crippen LogP contribution in [0.25, 0.3) is 0 Å². The molecule has 0 aromatic heterocycles. The zero-order valence-electron chi connectivity index (χ0n) is 11.0. The van der Waals surface area contributed by atoms with Crippen molar-refractivity contribution in [2.45, 2.75) is 20.3 Å². The first-order chi connectivity index (χ1) is 9.15. The van der Waals surface area contributed by atoms with Crippen LogP contribution in [0.4, 0.5) is 20.2 Å². The van der Waals surface area contributed by atoms with E-state index in [9.17, 15) is 23.7 Å². The van der Waals surface area contributed by atoms with E-state index in [2.05, 4.69) is 5.32 Å². The molecule has 1 amide bonds. The van der Waals surface area contributed by atoms with E-state index >= 15 is 0 Å². The molecular weight excluding hydrogens is 272 g/mol. The minimum atomic E-state index is -2.87. The number of halogens is 2. The van der Waals surface area contributed by atoms with E-state index in [1.54, 1.807) is 13.8 Å². The third kappa shape index (κ3) is 3.62. The van der Waals surface area contributed by atoms with Crippen LogP contribution in [0.1, 0.15) is 25.8 Å². The van der Waals surface area contributed by atoms with Crippen molar-refractivity contribution in [2.75, 3.05) is 11.9 Å². The van der Waals surface area contributed by atoms with Crippen molar-refractivity contribution in [1.29, 1.82) is 0 Å². The second-order valence-corrected chi connectivity index (χ2v) is 4.93. The molecule has 0 fully saturated rings. The third-order valence-electron chi connectivity index (χ3n) is 2.87. The average molecular weight is 287 g/mol. The SMILES string of the molecule is CC(C)(CNc1ccc([N+](=O)[O-])cc1C(F)F)C(N)=O. The average Bonchev–Trinajstić information content (AvgIpc) is 2.35.